The van der Waals surface area contributed by atoms with Crippen LogP contribution in [-0.2, 0) is 0 Å². The van der Waals surface area contributed by atoms with Gasteiger partial charge in [0.05, 0.1) is 30.3 Å². The third-order valence-electron chi connectivity index (χ3n) is 2.74. The molecule has 1 heterocycles. The second-order valence-electron chi connectivity index (χ2n) is 4.27. The molecule has 0 aliphatic carbocycles. The zero-order chi connectivity index (χ0) is 13.8. The molecule has 0 atom stereocenters. The van der Waals surface area contributed by atoms with Crippen molar-refractivity contribution in [2.75, 3.05) is 6.61 Å². The van der Waals surface area contributed by atoms with E-state index in [0.29, 0.717) is 23.5 Å². The number of carboxylic acid groups (broad SMARTS) is 1. The molecule has 0 fully saturated rings. The Morgan fingerprint density at radius 3 is 2.89 bits per heavy atom. The first-order chi connectivity index (χ1) is 9.11. The average molecular weight is 260 g/mol. The van der Waals surface area contributed by atoms with Crippen molar-refractivity contribution in [2.24, 2.45) is 0 Å². The number of benzene rings is 1. The standard InChI is InChI=1S/C14H16N2O3/c1-3-6-19-12-8-15-16(9-12)11-4-5-13(14(17)18)10(2)7-11/h4-5,7-9H,3,6H2,1-2H3,(H,17,18). The molecule has 0 radical (unpaired) electrons. The van der Waals surface area contributed by atoms with Gasteiger partial charge in [-0.3, -0.25) is 0 Å². The number of hydrogen-bond donors (Lipinski definition) is 1. The lowest BCUT2D eigenvalue weighted by Gasteiger charge is -2.05. The molecular formula is C14H16N2O3. The maximum Gasteiger partial charge on any atom is 0.335 e. The van der Waals surface area contributed by atoms with Crippen LogP contribution in [0.2, 0.25) is 0 Å². The summed E-state index contributed by atoms with van der Waals surface area (Å²) in [6, 6.07) is 5.11. The van der Waals surface area contributed by atoms with Crippen molar-refractivity contribution in [3.63, 3.8) is 0 Å². The predicted octanol–water partition coefficient (Wildman–Crippen LogP) is 2.67. The number of carboxylic acids is 1. The van der Waals surface area contributed by atoms with Crippen LogP contribution in [0.4, 0.5) is 0 Å². The fraction of sp³-hybridized carbons (Fsp3) is 0.286. The van der Waals surface area contributed by atoms with E-state index in [0.717, 1.165) is 12.1 Å². The van der Waals surface area contributed by atoms with Gasteiger partial charge in [-0.2, -0.15) is 5.10 Å². The Bertz CT molecular complexity index is 590. The summed E-state index contributed by atoms with van der Waals surface area (Å²) in [7, 11) is 0. The first-order valence-corrected chi connectivity index (χ1v) is 6.13. The van der Waals surface area contributed by atoms with Crippen LogP contribution < -0.4 is 4.74 Å². The Morgan fingerprint density at radius 2 is 2.26 bits per heavy atom. The molecule has 0 amide bonds. The van der Waals surface area contributed by atoms with E-state index in [1.54, 1.807) is 42.2 Å². The zero-order valence-corrected chi connectivity index (χ0v) is 11.0. The van der Waals surface area contributed by atoms with Gasteiger partial charge in [0.15, 0.2) is 5.75 Å². The number of hydrogen-bond acceptors (Lipinski definition) is 3. The molecule has 1 aromatic carbocycles. The highest BCUT2D eigenvalue weighted by Crippen LogP contribution is 2.17. The fourth-order valence-electron chi connectivity index (χ4n) is 1.77. The van der Waals surface area contributed by atoms with E-state index in [9.17, 15) is 4.79 Å². The van der Waals surface area contributed by atoms with E-state index in [-0.39, 0.29) is 0 Å². The third-order valence-corrected chi connectivity index (χ3v) is 2.74. The van der Waals surface area contributed by atoms with Crippen LogP contribution >= 0.6 is 0 Å². The molecule has 0 spiro atoms. The number of ether oxygens (including phenoxy) is 1. The summed E-state index contributed by atoms with van der Waals surface area (Å²) in [5, 5.41) is 13.2. The molecule has 0 bridgehead atoms. The molecule has 0 saturated carbocycles. The number of aryl methyl sites for hydroxylation is 1. The minimum absolute atomic E-state index is 0.304. The van der Waals surface area contributed by atoms with Crippen LogP contribution in [0.1, 0.15) is 29.3 Å². The SMILES string of the molecule is CCCOc1cnn(-c2ccc(C(=O)O)c(C)c2)c1. The molecule has 0 aliphatic rings. The monoisotopic (exact) mass is 260 g/mol. The van der Waals surface area contributed by atoms with E-state index < -0.39 is 5.97 Å². The first-order valence-electron chi connectivity index (χ1n) is 6.13. The Hall–Kier alpha value is -2.30. The van der Waals surface area contributed by atoms with Crippen molar-refractivity contribution in [2.45, 2.75) is 20.3 Å². The van der Waals surface area contributed by atoms with E-state index in [2.05, 4.69) is 5.10 Å². The van der Waals surface area contributed by atoms with Crippen LogP contribution in [0.3, 0.4) is 0 Å². The maximum atomic E-state index is 10.9. The highest BCUT2D eigenvalue weighted by molar-refractivity contribution is 5.89. The number of rotatable bonds is 5. The van der Waals surface area contributed by atoms with Gasteiger partial charge >= 0.3 is 5.97 Å². The van der Waals surface area contributed by atoms with Gasteiger partial charge in [-0.1, -0.05) is 6.92 Å². The van der Waals surface area contributed by atoms with Crippen LogP contribution in [0.5, 0.6) is 5.75 Å². The molecule has 5 heteroatoms. The smallest absolute Gasteiger partial charge is 0.335 e. The number of carbonyl (C=O) groups is 1. The average Bonchev–Trinajstić information content (AvgIpc) is 2.84. The van der Waals surface area contributed by atoms with Gasteiger partial charge in [0.2, 0.25) is 0 Å². The topological polar surface area (TPSA) is 64.4 Å². The number of aromatic nitrogens is 2. The summed E-state index contributed by atoms with van der Waals surface area (Å²) in [6.07, 6.45) is 4.37. The molecule has 0 unspecified atom stereocenters. The van der Waals surface area contributed by atoms with Crippen molar-refractivity contribution >= 4 is 5.97 Å². The zero-order valence-electron chi connectivity index (χ0n) is 11.0. The van der Waals surface area contributed by atoms with Gasteiger partial charge in [-0.15, -0.1) is 0 Å². The van der Waals surface area contributed by atoms with Gasteiger partial charge in [-0.25, -0.2) is 9.48 Å². The van der Waals surface area contributed by atoms with Crippen molar-refractivity contribution < 1.29 is 14.6 Å². The maximum absolute atomic E-state index is 10.9. The highest BCUT2D eigenvalue weighted by Gasteiger charge is 2.08. The minimum Gasteiger partial charge on any atom is -0.490 e. The molecule has 0 aliphatic heterocycles. The summed E-state index contributed by atoms with van der Waals surface area (Å²) >= 11 is 0. The fourth-order valence-corrected chi connectivity index (χ4v) is 1.77. The summed E-state index contributed by atoms with van der Waals surface area (Å²) < 4.78 is 7.14. The molecule has 2 aromatic rings. The second-order valence-corrected chi connectivity index (χ2v) is 4.27. The van der Waals surface area contributed by atoms with Gasteiger partial charge in [-0.05, 0) is 37.1 Å². The molecule has 19 heavy (non-hydrogen) atoms. The summed E-state index contributed by atoms with van der Waals surface area (Å²) in [4.78, 5) is 10.9. The largest absolute Gasteiger partial charge is 0.490 e. The molecule has 1 N–H and O–H groups in total. The van der Waals surface area contributed by atoms with Crippen molar-refractivity contribution in [3.8, 4) is 11.4 Å². The molecular weight excluding hydrogens is 244 g/mol. The van der Waals surface area contributed by atoms with E-state index in [1.807, 2.05) is 6.92 Å². The normalized spacial score (nSPS) is 10.4. The Kier molecular flexibility index (Phi) is 3.85. The summed E-state index contributed by atoms with van der Waals surface area (Å²) in [5.41, 5.74) is 1.82. The van der Waals surface area contributed by atoms with Crippen LogP contribution in [0.25, 0.3) is 5.69 Å². The third kappa shape index (κ3) is 2.93. The highest BCUT2D eigenvalue weighted by atomic mass is 16.5. The first kappa shape index (κ1) is 13.1. The van der Waals surface area contributed by atoms with Crippen LogP contribution in [0, 0.1) is 6.92 Å². The van der Waals surface area contributed by atoms with Crippen molar-refractivity contribution in [1.29, 1.82) is 0 Å². The van der Waals surface area contributed by atoms with Crippen molar-refractivity contribution in [3.05, 3.63) is 41.7 Å². The van der Waals surface area contributed by atoms with Gasteiger partial charge in [0.1, 0.15) is 0 Å². The Balaban J connectivity index is 2.24. The van der Waals surface area contributed by atoms with Crippen LogP contribution in [-0.4, -0.2) is 27.5 Å². The summed E-state index contributed by atoms with van der Waals surface area (Å²) in [5.74, 6) is -0.210. The van der Waals surface area contributed by atoms with Crippen molar-refractivity contribution in [1.82, 2.24) is 9.78 Å². The lowest BCUT2D eigenvalue weighted by molar-refractivity contribution is 0.0696. The quantitative estimate of drug-likeness (QED) is 0.897. The molecule has 1 aromatic heterocycles. The lowest BCUT2D eigenvalue weighted by atomic mass is 10.1. The number of nitrogens with zero attached hydrogens (tertiary/aromatic N) is 2. The molecule has 2 rings (SSSR count). The molecule has 0 saturated heterocycles. The molecule has 5 nitrogen and oxygen atoms in total. The second kappa shape index (κ2) is 5.56. The minimum atomic E-state index is -0.920. The van der Waals surface area contributed by atoms with E-state index >= 15 is 0 Å². The lowest BCUT2D eigenvalue weighted by Crippen LogP contribution is -2.02. The van der Waals surface area contributed by atoms with E-state index in [4.69, 9.17) is 9.84 Å². The van der Waals surface area contributed by atoms with Crippen LogP contribution in [0.15, 0.2) is 30.6 Å². The summed E-state index contributed by atoms with van der Waals surface area (Å²) in [6.45, 7) is 4.46. The molecule has 100 valence electrons. The Morgan fingerprint density at radius 1 is 1.47 bits per heavy atom. The number of aromatic carboxylic acids is 1. The predicted molar refractivity (Wildman–Crippen MR) is 71.0 cm³/mol. The van der Waals surface area contributed by atoms with Gasteiger partial charge < -0.3 is 9.84 Å². The Labute approximate surface area is 111 Å². The van der Waals surface area contributed by atoms with E-state index in [1.165, 1.54) is 0 Å². The van der Waals surface area contributed by atoms with Gasteiger partial charge in [0, 0.05) is 0 Å². The van der Waals surface area contributed by atoms with Gasteiger partial charge in [0.25, 0.3) is 0 Å².